The highest BCUT2D eigenvalue weighted by Crippen LogP contribution is 2.46. The molecule has 0 spiro atoms. The van der Waals surface area contributed by atoms with Crippen molar-refractivity contribution >= 4 is 28.9 Å². The molecule has 3 aliphatic heterocycles. The van der Waals surface area contributed by atoms with Crippen LogP contribution in [0.5, 0.6) is 0 Å². The van der Waals surface area contributed by atoms with E-state index < -0.39 is 0 Å². The van der Waals surface area contributed by atoms with Gasteiger partial charge in [0, 0.05) is 55.0 Å². The molecule has 0 radical (unpaired) electrons. The number of ether oxygens (including phenoxy) is 1. The van der Waals surface area contributed by atoms with Crippen LogP contribution in [-0.2, 0) is 16.9 Å². The number of halogens is 2. The number of nitrogens with zero attached hydrogens (tertiary/aromatic N) is 2. The second-order valence-corrected chi connectivity index (χ2v) is 11.4. The van der Waals surface area contributed by atoms with Crippen LogP contribution in [0, 0.1) is 0 Å². The van der Waals surface area contributed by atoms with E-state index in [0.29, 0.717) is 34.3 Å². The lowest BCUT2D eigenvalue weighted by atomic mass is 9.95. The molecule has 2 atom stereocenters. The molecule has 0 bridgehead atoms. The molecule has 4 fully saturated rings. The minimum Gasteiger partial charge on any atom is -0.373 e. The summed E-state index contributed by atoms with van der Waals surface area (Å²) in [6, 6.07) is 15.3. The number of hydrogen-bond acceptors (Lipinski definition) is 6. The molecular weight excluding hydrogens is 495 g/mol. The SMILES string of the molecule is Clc1cccc(Cl)c1-c1noc(C2CC2)c1COC1CCN(c2ccc(C3(C4CN4)CN3)cc2)CC1. The summed E-state index contributed by atoms with van der Waals surface area (Å²) >= 11 is 13.0. The van der Waals surface area contributed by atoms with Crippen LogP contribution in [0.25, 0.3) is 11.3 Å². The number of hydrogen-bond donors (Lipinski definition) is 2. The van der Waals surface area contributed by atoms with Gasteiger partial charge < -0.3 is 24.8 Å². The number of benzene rings is 2. The molecule has 0 amide bonds. The second kappa shape index (κ2) is 9.03. The minimum absolute atomic E-state index is 0.174. The van der Waals surface area contributed by atoms with Crippen molar-refractivity contribution in [2.75, 3.05) is 31.1 Å². The predicted molar refractivity (Wildman–Crippen MR) is 142 cm³/mol. The first-order chi connectivity index (χ1) is 17.6. The summed E-state index contributed by atoms with van der Waals surface area (Å²) in [5.74, 6) is 1.36. The third-order valence-electron chi connectivity index (χ3n) is 8.18. The summed E-state index contributed by atoms with van der Waals surface area (Å²) in [5.41, 5.74) is 5.31. The van der Waals surface area contributed by atoms with Crippen molar-refractivity contribution in [2.24, 2.45) is 0 Å². The highest BCUT2D eigenvalue weighted by molar-refractivity contribution is 6.39. The fraction of sp³-hybridized carbons (Fsp3) is 0.464. The zero-order valence-corrected chi connectivity index (χ0v) is 21.6. The number of nitrogens with one attached hydrogen (secondary N) is 2. The molecule has 7 rings (SSSR count). The molecule has 188 valence electrons. The number of piperidine rings is 1. The van der Waals surface area contributed by atoms with Crippen molar-refractivity contribution in [1.82, 2.24) is 15.8 Å². The van der Waals surface area contributed by atoms with Gasteiger partial charge in [-0.25, -0.2) is 0 Å². The van der Waals surface area contributed by atoms with Crippen molar-refractivity contribution in [3.05, 3.63) is 69.4 Å². The lowest BCUT2D eigenvalue weighted by molar-refractivity contribution is 0.0246. The maximum atomic E-state index is 6.50. The van der Waals surface area contributed by atoms with Gasteiger partial charge in [-0.1, -0.05) is 46.6 Å². The van der Waals surface area contributed by atoms with Gasteiger partial charge in [0.2, 0.25) is 0 Å². The fourth-order valence-corrected chi connectivity index (χ4v) is 6.23. The van der Waals surface area contributed by atoms with Crippen LogP contribution in [0.4, 0.5) is 5.69 Å². The Balaban J connectivity index is 1.01. The van der Waals surface area contributed by atoms with Crippen molar-refractivity contribution < 1.29 is 9.26 Å². The van der Waals surface area contributed by atoms with Crippen molar-refractivity contribution in [3.8, 4) is 11.3 Å². The Kier molecular flexibility index (Phi) is 5.79. The van der Waals surface area contributed by atoms with Crippen molar-refractivity contribution in [2.45, 2.75) is 55.9 Å². The van der Waals surface area contributed by atoms with Gasteiger partial charge in [-0.15, -0.1) is 0 Å². The lowest BCUT2D eigenvalue weighted by Crippen LogP contribution is -2.37. The monoisotopic (exact) mass is 524 g/mol. The Hall–Kier alpha value is -2.09. The van der Waals surface area contributed by atoms with E-state index in [1.165, 1.54) is 11.3 Å². The molecule has 2 N–H and O–H groups in total. The van der Waals surface area contributed by atoms with Crippen LogP contribution in [-0.4, -0.2) is 43.5 Å². The van der Waals surface area contributed by atoms with Gasteiger partial charge in [-0.05, 0) is 55.5 Å². The second-order valence-electron chi connectivity index (χ2n) is 10.6. The molecule has 2 aromatic carbocycles. The molecule has 3 aromatic rings. The smallest absolute Gasteiger partial charge is 0.145 e. The summed E-state index contributed by atoms with van der Waals surface area (Å²) < 4.78 is 12.2. The molecule has 2 unspecified atom stereocenters. The molecule has 36 heavy (non-hydrogen) atoms. The molecule has 1 aromatic heterocycles. The van der Waals surface area contributed by atoms with E-state index in [4.69, 9.17) is 32.5 Å². The van der Waals surface area contributed by atoms with Gasteiger partial charge in [0.05, 0.1) is 28.3 Å². The van der Waals surface area contributed by atoms with Crippen LogP contribution in [0.2, 0.25) is 10.0 Å². The lowest BCUT2D eigenvalue weighted by Gasteiger charge is -2.33. The average Bonchev–Trinajstić information content (AvgIpc) is 3.75. The first-order valence-electron chi connectivity index (χ1n) is 13.0. The molecular formula is C28H30Cl2N4O2. The number of anilines is 1. The molecule has 3 saturated heterocycles. The topological polar surface area (TPSA) is 82.4 Å². The van der Waals surface area contributed by atoms with Gasteiger partial charge in [-0.2, -0.15) is 0 Å². The molecule has 6 nitrogen and oxygen atoms in total. The first-order valence-corrected chi connectivity index (χ1v) is 13.8. The van der Waals surface area contributed by atoms with E-state index in [1.54, 1.807) is 0 Å². The number of aromatic nitrogens is 1. The zero-order valence-electron chi connectivity index (χ0n) is 20.1. The summed E-state index contributed by atoms with van der Waals surface area (Å²) in [4.78, 5) is 2.47. The van der Waals surface area contributed by atoms with Gasteiger partial charge >= 0.3 is 0 Å². The normalized spacial score (nSPS) is 25.8. The summed E-state index contributed by atoms with van der Waals surface area (Å²) in [6.07, 6.45) is 4.45. The van der Waals surface area contributed by atoms with Crippen molar-refractivity contribution in [3.63, 3.8) is 0 Å². The van der Waals surface area contributed by atoms with Gasteiger partial charge in [0.1, 0.15) is 11.5 Å². The predicted octanol–water partition coefficient (Wildman–Crippen LogP) is 5.48. The van der Waals surface area contributed by atoms with E-state index in [0.717, 1.165) is 68.7 Å². The van der Waals surface area contributed by atoms with E-state index in [9.17, 15) is 0 Å². The maximum absolute atomic E-state index is 6.50. The molecule has 8 heteroatoms. The van der Waals surface area contributed by atoms with Gasteiger partial charge in [-0.3, -0.25) is 0 Å². The quantitative estimate of drug-likeness (QED) is 0.379. The van der Waals surface area contributed by atoms with Gasteiger partial charge in [0.15, 0.2) is 0 Å². The average molecular weight is 525 g/mol. The van der Waals surface area contributed by atoms with E-state index in [-0.39, 0.29) is 11.6 Å². The number of rotatable bonds is 8. The van der Waals surface area contributed by atoms with Crippen LogP contribution < -0.4 is 15.5 Å². The Morgan fingerprint density at radius 2 is 1.72 bits per heavy atom. The van der Waals surface area contributed by atoms with Crippen LogP contribution in [0.15, 0.2) is 47.0 Å². The Labute approximate surface area is 221 Å². The van der Waals surface area contributed by atoms with Crippen LogP contribution in [0.1, 0.15) is 48.5 Å². The third kappa shape index (κ3) is 4.23. The van der Waals surface area contributed by atoms with E-state index in [1.807, 2.05) is 18.2 Å². The minimum atomic E-state index is 0.174. The van der Waals surface area contributed by atoms with Gasteiger partial charge in [0.25, 0.3) is 0 Å². The highest BCUT2D eigenvalue weighted by Gasteiger charge is 2.55. The van der Waals surface area contributed by atoms with Crippen LogP contribution in [0.3, 0.4) is 0 Å². The molecule has 1 saturated carbocycles. The molecule has 1 aliphatic carbocycles. The largest absolute Gasteiger partial charge is 0.373 e. The fourth-order valence-electron chi connectivity index (χ4n) is 5.65. The first kappa shape index (κ1) is 23.1. The summed E-state index contributed by atoms with van der Waals surface area (Å²) in [6.45, 7) is 4.63. The Morgan fingerprint density at radius 3 is 2.33 bits per heavy atom. The van der Waals surface area contributed by atoms with E-state index >= 15 is 0 Å². The Bertz CT molecular complexity index is 1240. The third-order valence-corrected chi connectivity index (χ3v) is 8.81. The van der Waals surface area contributed by atoms with E-state index in [2.05, 4.69) is 45.0 Å². The Morgan fingerprint density at radius 1 is 1.03 bits per heavy atom. The van der Waals surface area contributed by atoms with Crippen LogP contribution >= 0.6 is 23.2 Å². The highest BCUT2D eigenvalue weighted by atomic mass is 35.5. The summed E-state index contributed by atoms with van der Waals surface area (Å²) in [7, 11) is 0. The summed E-state index contributed by atoms with van der Waals surface area (Å²) in [5, 5.41) is 12.6. The zero-order chi connectivity index (χ0) is 24.3. The standard InChI is InChI=1S/C28H30Cl2N4O2/c29-22-2-1-3-23(30)25(22)26-21(27(36-33-26)17-4-5-17)15-35-20-10-12-34(13-11-20)19-8-6-18(7-9-19)28(16-32-28)24-14-31-24/h1-3,6-9,17,20,24,31-32H,4-5,10-16H2. The maximum Gasteiger partial charge on any atom is 0.145 e. The molecule has 4 aliphatic rings. The van der Waals surface area contributed by atoms with Crippen molar-refractivity contribution in [1.29, 1.82) is 0 Å². The molecule has 4 heterocycles.